The van der Waals surface area contributed by atoms with Crippen LogP contribution in [0.3, 0.4) is 0 Å². The lowest BCUT2D eigenvalue weighted by Crippen LogP contribution is -2.44. The highest BCUT2D eigenvalue weighted by molar-refractivity contribution is 6.31. The van der Waals surface area contributed by atoms with Gasteiger partial charge >= 0.3 is 0 Å². The number of rotatable bonds is 12. The third kappa shape index (κ3) is 8.26. The molecule has 0 saturated carbocycles. The SMILES string of the molecule is Cc1cnn(C)c1-c1ccc(NC(=O)[C@H](CCc2cc(-c3ccc(=O)n(C(C)C)c3)ccc2Cl)NC(=O)CCC(C)C)cc1. The number of nitrogens with zero attached hydrogens (tertiary/aromatic N) is 3. The molecule has 1 atom stereocenters. The maximum absolute atomic E-state index is 13.5. The highest BCUT2D eigenvalue weighted by Crippen LogP contribution is 2.27. The Hall–Kier alpha value is -4.17. The van der Waals surface area contributed by atoms with E-state index in [1.807, 2.05) is 87.4 Å². The molecule has 0 spiro atoms. The number of halogens is 1. The summed E-state index contributed by atoms with van der Waals surface area (Å²) in [7, 11) is 1.90. The minimum Gasteiger partial charge on any atom is -0.344 e. The second kappa shape index (κ2) is 14.5. The van der Waals surface area contributed by atoms with Gasteiger partial charge in [0.2, 0.25) is 11.8 Å². The van der Waals surface area contributed by atoms with Crippen molar-refractivity contribution in [1.29, 1.82) is 0 Å². The van der Waals surface area contributed by atoms with Crippen LogP contribution in [0.5, 0.6) is 0 Å². The van der Waals surface area contributed by atoms with Crippen molar-refractivity contribution in [3.8, 4) is 22.4 Å². The highest BCUT2D eigenvalue weighted by atomic mass is 35.5. The molecule has 0 aliphatic heterocycles. The minimum atomic E-state index is -0.753. The first kappa shape index (κ1) is 32.7. The smallest absolute Gasteiger partial charge is 0.250 e. The van der Waals surface area contributed by atoms with Gasteiger partial charge in [0.05, 0.1) is 11.9 Å². The molecule has 0 unspecified atom stereocenters. The van der Waals surface area contributed by atoms with E-state index in [0.717, 1.165) is 39.9 Å². The predicted octanol–water partition coefficient (Wildman–Crippen LogP) is 6.95. The fraction of sp³-hybridized carbons (Fsp3) is 0.371. The molecule has 0 radical (unpaired) electrons. The molecular weight excluding hydrogens is 574 g/mol. The largest absolute Gasteiger partial charge is 0.344 e. The van der Waals surface area contributed by atoms with Crippen LogP contribution in [0.15, 0.2) is 71.8 Å². The van der Waals surface area contributed by atoms with E-state index in [4.69, 9.17) is 11.6 Å². The third-order valence-electron chi connectivity index (χ3n) is 7.72. The van der Waals surface area contributed by atoms with Crippen molar-refractivity contribution in [2.24, 2.45) is 13.0 Å². The van der Waals surface area contributed by atoms with Gasteiger partial charge in [0.25, 0.3) is 5.56 Å². The maximum Gasteiger partial charge on any atom is 0.250 e. The number of pyridine rings is 1. The number of hydrogen-bond donors (Lipinski definition) is 2. The molecule has 2 N–H and O–H groups in total. The van der Waals surface area contributed by atoms with E-state index in [9.17, 15) is 14.4 Å². The number of anilines is 1. The van der Waals surface area contributed by atoms with E-state index in [1.165, 1.54) is 0 Å². The summed E-state index contributed by atoms with van der Waals surface area (Å²) in [6.45, 7) is 10.1. The summed E-state index contributed by atoms with van der Waals surface area (Å²) in [5.41, 5.74) is 6.34. The second-order valence-electron chi connectivity index (χ2n) is 12.0. The van der Waals surface area contributed by atoms with Crippen LogP contribution >= 0.6 is 11.6 Å². The van der Waals surface area contributed by atoms with Crippen molar-refractivity contribution in [2.45, 2.75) is 72.4 Å². The zero-order valence-electron chi connectivity index (χ0n) is 26.4. The van der Waals surface area contributed by atoms with Crippen LogP contribution in [-0.4, -0.2) is 32.2 Å². The van der Waals surface area contributed by atoms with E-state index >= 15 is 0 Å². The Labute approximate surface area is 264 Å². The van der Waals surface area contributed by atoms with E-state index in [0.29, 0.717) is 35.9 Å². The van der Waals surface area contributed by atoms with E-state index in [-0.39, 0.29) is 23.4 Å². The Morgan fingerprint density at radius 3 is 2.25 bits per heavy atom. The first-order valence-corrected chi connectivity index (χ1v) is 15.5. The van der Waals surface area contributed by atoms with Crippen molar-refractivity contribution in [3.63, 3.8) is 0 Å². The Kier molecular flexibility index (Phi) is 10.8. The minimum absolute atomic E-state index is 0.0308. The number of hydrogen-bond acceptors (Lipinski definition) is 4. The molecule has 9 heteroatoms. The fourth-order valence-electron chi connectivity index (χ4n) is 5.18. The van der Waals surface area contributed by atoms with Gasteiger partial charge in [-0.3, -0.25) is 19.1 Å². The van der Waals surface area contributed by atoms with Crippen molar-refractivity contribution in [2.75, 3.05) is 5.32 Å². The molecule has 0 aliphatic carbocycles. The van der Waals surface area contributed by atoms with Crippen LogP contribution in [-0.2, 0) is 23.1 Å². The molecule has 2 amide bonds. The maximum atomic E-state index is 13.5. The van der Waals surface area contributed by atoms with Gasteiger partial charge in [0.1, 0.15) is 6.04 Å². The summed E-state index contributed by atoms with van der Waals surface area (Å²) < 4.78 is 3.52. The van der Waals surface area contributed by atoms with E-state index in [1.54, 1.807) is 16.7 Å². The molecule has 4 rings (SSSR count). The number of aryl methyl sites for hydroxylation is 3. The quantitative estimate of drug-likeness (QED) is 0.180. The number of amides is 2. The van der Waals surface area contributed by atoms with Gasteiger partial charge in [-0.1, -0.05) is 43.6 Å². The Bertz CT molecular complexity index is 1650. The number of carbonyl (C=O) groups is 2. The van der Waals surface area contributed by atoms with Gasteiger partial charge in [-0.2, -0.15) is 5.10 Å². The van der Waals surface area contributed by atoms with Crippen LogP contribution in [0, 0.1) is 12.8 Å². The normalized spacial score (nSPS) is 12.0. The molecular formula is C35H42ClN5O3. The monoisotopic (exact) mass is 615 g/mol. The van der Waals surface area contributed by atoms with Crippen LogP contribution < -0.4 is 16.2 Å². The number of benzene rings is 2. The fourth-order valence-corrected chi connectivity index (χ4v) is 5.39. The Morgan fingerprint density at radius 2 is 1.61 bits per heavy atom. The molecule has 2 aromatic carbocycles. The summed E-state index contributed by atoms with van der Waals surface area (Å²) >= 11 is 6.60. The van der Waals surface area contributed by atoms with Gasteiger partial charge in [-0.15, -0.1) is 0 Å². The van der Waals surface area contributed by atoms with Crippen LogP contribution in [0.25, 0.3) is 22.4 Å². The third-order valence-corrected chi connectivity index (χ3v) is 8.09. The Morgan fingerprint density at radius 1 is 0.932 bits per heavy atom. The van der Waals surface area contributed by atoms with Crippen molar-refractivity contribution < 1.29 is 9.59 Å². The standard InChI is InChI=1S/C35H42ClN5O3/c1-22(2)7-17-32(42)39-31(35(44)38-29-13-8-25(9-14-29)34-24(5)20-37-40(34)6)16-11-27-19-26(10-15-30(27)36)28-12-18-33(43)41(21-28)23(3)4/h8-10,12-15,18-23,31H,7,11,16-17H2,1-6H3,(H,38,44)(H,39,42)/t31-/m0/s1. The van der Waals surface area contributed by atoms with Gasteiger partial charge in [0.15, 0.2) is 0 Å². The van der Waals surface area contributed by atoms with Gasteiger partial charge in [-0.05, 0) is 98.5 Å². The zero-order chi connectivity index (χ0) is 32.0. The average molecular weight is 616 g/mol. The van der Waals surface area contributed by atoms with Crippen molar-refractivity contribution >= 4 is 29.1 Å². The molecule has 2 heterocycles. The van der Waals surface area contributed by atoms with Gasteiger partial charge in [0, 0.05) is 48.0 Å². The molecule has 0 saturated heterocycles. The number of nitrogens with one attached hydrogen (secondary N) is 2. The highest BCUT2D eigenvalue weighted by Gasteiger charge is 2.22. The van der Waals surface area contributed by atoms with E-state index < -0.39 is 6.04 Å². The Balaban J connectivity index is 1.52. The molecule has 232 valence electrons. The molecule has 0 fully saturated rings. The van der Waals surface area contributed by atoms with Crippen molar-refractivity contribution in [1.82, 2.24) is 19.7 Å². The zero-order valence-corrected chi connectivity index (χ0v) is 27.1. The number of carbonyl (C=O) groups excluding carboxylic acids is 2. The summed E-state index contributed by atoms with van der Waals surface area (Å²) in [5, 5.41) is 10.8. The predicted molar refractivity (Wildman–Crippen MR) is 178 cm³/mol. The van der Waals surface area contributed by atoms with Crippen LogP contribution in [0.1, 0.15) is 64.1 Å². The lowest BCUT2D eigenvalue weighted by Gasteiger charge is -2.20. The molecule has 0 aliphatic rings. The molecule has 4 aromatic rings. The first-order chi connectivity index (χ1) is 20.9. The van der Waals surface area contributed by atoms with Gasteiger partial charge in [-0.25, -0.2) is 0 Å². The summed E-state index contributed by atoms with van der Waals surface area (Å²) in [5.74, 6) is -0.0680. The average Bonchev–Trinajstić information content (AvgIpc) is 3.32. The molecule has 8 nitrogen and oxygen atoms in total. The lowest BCUT2D eigenvalue weighted by molar-refractivity contribution is -0.126. The summed E-state index contributed by atoms with van der Waals surface area (Å²) in [4.78, 5) is 38.6. The molecule has 44 heavy (non-hydrogen) atoms. The molecule has 2 aromatic heterocycles. The number of aromatic nitrogens is 3. The first-order valence-electron chi connectivity index (χ1n) is 15.1. The van der Waals surface area contributed by atoms with Crippen molar-refractivity contribution in [3.05, 3.63) is 93.5 Å². The summed E-state index contributed by atoms with van der Waals surface area (Å²) in [6.07, 6.45) is 5.59. The second-order valence-corrected chi connectivity index (χ2v) is 12.4. The van der Waals surface area contributed by atoms with E-state index in [2.05, 4.69) is 29.6 Å². The van der Waals surface area contributed by atoms with Crippen LogP contribution in [0.2, 0.25) is 5.02 Å². The molecule has 0 bridgehead atoms. The topological polar surface area (TPSA) is 98.0 Å². The lowest BCUT2D eigenvalue weighted by atomic mass is 9.99. The summed E-state index contributed by atoms with van der Waals surface area (Å²) in [6, 6.07) is 16.0. The van der Waals surface area contributed by atoms with Gasteiger partial charge < -0.3 is 15.2 Å². The van der Waals surface area contributed by atoms with Crippen LogP contribution in [0.4, 0.5) is 5.69 Å².